The van der Waals surface area contributed by atoms with Crippen LogP contribution >= 0.6 is 0 Å². The minimum atomic E-state index is -0.0157. The van der Waals surface area contributed by atoms with Crippen molar-refractivity contribution >= 4 is 11.8 Å². The van der Waals surface area contributed by atoms with E-state index in [9.17, 15) is 4.79 Å². The standard InChI is InChI=1S/C18H28N8O/c1-13-14(11-22-24-13)10-21-18(27)26-8-3-4-15(6-9-26)25(2)12-17-20-7-5-16(19)23-17/h5,7,11,15H,3-4,6,8-10,12H2,1-2H3,(H,21,27)(H,22,24)(H2,19,20,23). The summed E-state index contributed by atoms with van der Waals surface area (Å²) in [6, 6.07) is 2.07. The van der Waals surface area contributed by atoms with Crippen LogP contribution in [0, 0.1) is 6.92 Å². The summed E-state index contributed by atoms with van der Waals surface area (Å²) in [4.78, 5) is 25.2. The number of urea groups is 1. The number of aromatic nitrogens is 4. The first kappa shape index (κ1) is 19.1. The molecule has 0 radical (unpaired) electrons. The maximum Gasteiger partial charge on any atom is 0.317 e. The van der Waals surface area contributed by atoms with Gasteiger partial charge in [-0.15, -0.1) is 0 Å². The summed E-state index contributed by atoms with van der Waals surface area (Å²) in [7, 11) is 2.08. The van der Waals surface area contributed by atoms with E-state index in [1.54, 1.807) is 18.5 Å². The highest BCUT2D eigenvalue weighted by Gasteiger charge is 2.23. The number of nitrogens with zero attached hydrogens (tertiary/aromatic N) is 5. The van der Waals surface area contributed by atoms with Gasteiger partial charge in [-0.3, -0.25) is 10.00 Å². The fourth-order valence-corrected chi connectivity index (χ4v) is 3.40. The van der Waals surface area contributed by atoms with Crippen molar-refractivity contribution in [3.63, 3.8) is 0 Å². The van der Waals surface area contributed by atoms with Crippen molar-refractivity contribution in [1.82, 2.24) is 35.3 Å². The zero-order valence-corrected chi connectivity index (χ0v) is 16.0. The molecule has 0 saturated carbocycles. The number of amides is 2. The van der Waals surface area contributed by atoms with Crippen LogP contribution in [0.5, 0.6) is 0 Å². The third-order valence-corrected chi connectivity index (χ3v) is 5.09. The SMILES string of the molecule is Cc1[nH]ncc1CNC(=O)N1CCCC(N(C)Cc2nccc(N)n2)CC1. The van der Waals surface area contributed by atoms with Crippen molar-refractivity contribution in [2.75, 3.05) is 25.9 Å². The van der Waals surface area contributed by atoms with E-state index >= 15 is 0 Å². The summed E-state index contributed by atoms with van der Waals surface area (Å²) in [6.45, 7) is 4.61. The highest BCUT2D eigenvalue weighted by molar-refractivity contribution is 5.74. The Hall–Kier alpha value is -2.68. The van der Waals surface area contributed by atoms with Gasteiger partial charge in [-0.05, 0) is 39.3 Å². The van der Waals surface area contributed by atoms with Gasteiger partial charge in [-0.2, -0.15) is 5.10 Å². The molecular formula is C18H28N8O. The Morgan fingerprint density at radius 2 is 2.30 bits per heavy atom. The van der Waals surface area contributed by atoms with Gasteiger partial charge >= 0.3 is 6.03 Å². The molecule has 1 unspecified atom stereocenters. The zero-order chi connectivity index (χ0) is 19.2. The van der Waals surface area contributed by atoms with Crippen molar-refractivity contribution in [3.05, 3.63) is 35.5 Å². The van der Waals surface area contributed by atoms with Crippen LogP contribution in [0.1, 0.15) is 36.3 Å². The molecule has 146 valence electrons. The lowest BCUT2D eigenvalue weighted by atomic mass is 10.1. The molecule has 1 saturated heterocycles. The number of anilines is 1. The maximum absolute atomic E-state index is 12.5. The molecule has 2 amide bonds. The Kier molecular flexibility index (Phi) is 6.23. The number of rotatable bonds is 5. The molecule has 0 aromatic carbocycles. The molecule has 1 aliphatic heterocycles. The second-order valence-corrected chi connectivity index (χ2v) is 7.06. The quantitative estimate of drug-likeness (QED) is 0.728. The van der Waals surface area contributed by atoms with Crippen LogP contribution in [-0.2, 0) is 13.1 Å². The van der Waals surface area contributed by atoms with E-state index in [4.69, 9.17) is 5.73 Å². The van der Waals surface area contributed by atoms with E-state index in [0.717, 1.165) is 49.4 Å². The molecule has 9 nitrogen and oxygen atoms in total. The summed E-state index contributed by atoms with van der Waals surface area (Å²) >= 11 is 0. The Labute approximate surface area is 159 Å². The molecule has 0 spiro atoms. The number of nitrogens with two attached hydrogens (primary N) is 1. The molecule has 2 aromatic rings. The molecule has 2 aromatic heterocycles. The molecule has 4 N–H and O–H groups in total. The van der Waals surface area contributed by atoms with Crippen LogP contribution in [0.15, 0.2) is 18.5 Å². The molecular weight excluding hydrogens is 344 g/mol. The normalized spacial score (nSPS) is 17.7. The Balaban J connectivity index is 1.49. The van der Waals surface area contributed by atoms with Gasteiger partial charge < -0.3 is 16.0 Å². The summed E-state index contributed by atoms with van der Waals surface area (Å²) in [6.07, 6.45) is 6.39. The molecule has 9 heteroatoms. The molecule has 1 atom stereocenters. The lowest BCUT2D eigenvalue weighted by Gasteiger charge is -2.26. The summed E-state index contributed by atoms with van der Waals surface area (Å²) in [5, 5.41) is 9.86. The number of aryl methyl sites for hydroxylation is 1. The topological polar surface area (TPSA) is 116 Å². The third kappa shape index (κ3) is 5.16. The highest BCUT2D eigenvalue weighted by atomic mass is 16.2. The maximum atomic E-state index is 12.5. The Morgan fingerprint density at radius 3 is 3.04 bits per heavy atom. The number of carbonyl (C=O) groups excluding carboxylic acids is 1. The van der Waals surface area contributed by atoms with Gasteiger partial charge in [0.25, 0.3) is 0 Å². The van der Waals surface area contributed by atoms with Crippen LogP contribution < -0.4 is 11.1 Å². The lowest BCUT2D eigenvalue weighted by Crippen LogP contribution is -2.41. The van der Waals surface area contributed by atoms with E-state index in [2.05, 4.69) is 37.4 Å². The summed E-state index contributed by atoms with van der Waals surface area (Å²) in [5.41, 5.74) is 7.73. The smallest absolute Gasteiger partial charge is 0.317 e. The van der Waals surface area contributed by atoms with Crippen molar-refractivity contribution in [1.29, 1.82) is 0 Å². The van der Waals surface area contributed by atoms with Crippen molar-refractivity contribution in [3.8, 4) is 0 Å². The average molecular weight is 372 g/mol. The van der Waals surface area contributed by atoms with Crippen molar-refractivity contribution < 1.29 is 4.79 Å². The number of H-pyrrole nitrogens is 1. The molecule has 3 rings (SSSR count). The van der Waals surface area contributed by atoms with E-state index < -0.39 is 0 Å². The van der Waals surface area contributed by atoms with Crippen LogP contribution in [0.2, 0.25) is 0 Å². The van der Waals surface area contributed by atoms with Crippen molar-refractivity contribution in [2.24, 2.45) is 0 Å². The van der Waals surface area contributed by atoms with Gasteiger partial charge in [0.05, 0.1) is 12.7 Å². The number of carbonyl (C=O) groups is 1. The molecule has 0 bridgehead atoms. The number of likely N-dealkylation sites (tertiary alicyclic amines) is 1. The van der Waals surface area contributed by atoms with Crippen LogP contribution in [-0.4, -0.2) is 62.2 Å². The van der Waals surface area contributed by atoms with Crippen molar-refractivity contribution in [2.45, 2.75) is 45.3 Å². The minimum absolute atomic E-state index is 0.0157. The summed E-state index contributed by atoms with van der Waals surface area (Å²) in [5.74, 6) is 1.22. The van der Waals surface area contributed by atoms with E-state index in [1.807, 2.05) is 11.8 Å². The molecule has 3 heterocycles. The Bertz CT molecular complexity index is 761. The number of hydrogen-bond donors (Lipinski definition) is 3. The molecule has 27 heavy (non-hydrogen) atoms. The van der Waals surface area contributed by atoms with Gasteiger partial charge in [-0.1, -0.05) is 0 Å². The monoisotopic (exact) mass is 372 g/mol. The first-order valence-corrected chi connectivity index (χ1v) is 9.32. The van der Waals surface area contributed by atoms with Crippen LogP contribution in [0.3, 0.4) is 0 Å². The number of hydrogen-bond acceptors (Lipinski definition) is 6. The van der Waals surface area contributed by atoms with Gasteiger partial charge in [0.2, 0.25) is 0 Å². The predicted octanol–water partition coefficient (Wildman–Crippen LogP) is 1.29. The second kappa shape index (κ2) is 8.81. The molecule has 1 fully saturated rings. The number of nitrogen functional groups attached to an aromatic ring is 1. The summed E-state index contributed by atoms with van der Waals surface area (Å²) < 4.78 is 0. The first-order chi connectivity index (χ1) is 13.0. The van der Waals surface area contributed by atoms with E-state index in [1.165, 1.54) is 0 Å². The predicted molar refractivity (Wildman–Crippen MR) is 103 cm³/mol. The van der Waals surface area contributed by atoms with Gasteiger partial charge in [0, 0.05) is 43.1 Å². The van der Waals surface area contributed by atoms with Crippen LogP contribution in [0.25, 0.3) is 0 Å². The van der Waals surface area contributed by atoms with E-state index in [-0.39, 0.29) is 6.03 Å². The largest absolute Gasteiger partial charge is 0.384 e. The number of nitrogens with one attached hydrogen (secondary N) is 2. The fourth-order valence-electron chi connectivity index (χ4n) is 3.40. The third-order valence-electron chi connectivity index (χ3n) is 5.09. The average Bonchev–Trinajstić information content (AvgIpc) is 2.90. The highest BCUT2D eigenvalue weighted by Crippen LogP contribution is 2.17. The first-order valence-electron chi connectivity index (χ1n) is 9.32. The number of aromatic amines is 1. The zero-order valence-electron chi connectivity index (χ0n) is 16.0. The fraction of sp³-hybridized carbons (Fsp3) is 0.556. The minimum Gasteiger partial charge on any atom is -0.384 e. The Morgan fingerprint density at radius 1 is 1.44 bits per heavy atom. The van der Waals surface area contributed by atoms with E-state index in [0.29, 0.717) is 24.9 Å². The van der Waals surface area contributed by atoms with Gasteiger partial charge in [-0.25, -0.2) is 14.8 Å². The molecule has 0 aliphatic carbocycles. The lowest BCUT2D eigenvalue weighted by molar-refractivity contribution is 0.190. The van der Waals surface area contributed by atoms with Crippen LogP contribution in [0.4, 0.5) is 10.6 Å². The van der Waals surface area contributed by atoms with Gasteiger partial charge in [0.1, 0.15) is 11.6 Å². The molecule has 1 aliphatic rings. The van der Waals surface area contributed by atoms with Gasteiger partial charge in [0.15, 0.2) is 0 Å². The second-order valence-electron chi connectivity index (χ2n) is 7.06.